The van der Waals surface area contributed by atoms with Gasteiger partial charge in [-0.1, -0.05) is 23.8 Å². The number of alkyl halides is 3. The molecule has 11 heteroatoms. The molecule has 37 heavy (non-hydrogen) atoms. The monoisotopic (exact) mass is 532 g/mol. The molecule has 4 heterocycles. The Hall–Kier alpha value is -2.88. The Bertz CT molecular complexity index is 1250. The van der Waals surface area contributed by atoms with Crippen LogP contribution in [0.4, 0.5) is 24.7 Å². The molecule has 0 spiro atoms. The van der Waals surface area contributed by atoms with Gasteiger partial charge in [0.1, 0.15) is 23.7 Å². The summed E-state index contributed by atoms with van der Waals surface area (Å²) in [5.74, 6) is 0.121. The van der Waals surface area contributed by atoms with Gasteiger partial charge in [0.05, 0.1) is 11.4 Å². The van der Waals surface area contributed by atoms with Crippen molar-refractivity contribution in [2.45, 2.75) is 63.8 Å². The quantitative estimate of drug-likeness (QED) is 0.591. The van der Waals surface area contributed by atoms with Gasteiger partial charge < -0.3 is 15.1 Å². The average molecular weight is 533 g/mol. The number of nitrogens with zero attached hydrogens (tertiary/aromatic N) is 5. The molecule has 196 valence electrons. The molecule has 2 aromatic rings. The normalized spacial score (nSPS) is 26.3. The highest BCUT2D eigenvalue weighted by Gasteiger charge is 2.45. The van der Waals surface area contributed by atoms with E-state index in [9.17, 15) is 18.0 Å². The van der Waals surface area contributed by atoms with Gasteiger partial charge in [-0.05, 0) is 37.7 Å². The Balaban J connectivity index is 1.25. The molecule has 7 nitrogen and oxygen atoms in total. The van der Waals surface area contributed by atoms with Gasteiger partial charge in [-0.2, -0.15) is 13.2 Å². The number of allylic oxidation sites excluding steroid dienone is 1. The summed E-state index contributed by atoms with van der Waals surface area (Å²) in [5.41, 5.74) is 5.24. The minimum absolute atomic E-state index is 0.0903. The van der Waals surface area contributed by atoms with Crippen LogP contribution in [0.5, 0.6) is 0 Å². The molecule has 6 rings (SSSR count). The predicted molar refractivity (Wildman–Crippen MR) is 134 cm³/mol. The summed E-state index contributed by atoms with van der Waals surface area (Å²) >= 11 is 6.38. The number of pyridine rings is 1. The van der Waals surface area contributed by atoms with Crippen molar-refractivity contribution < 1.29 is 18.0 Å². The first-order chi connectivity index (χ1) is 17.7. The predicted octanol–water partition coefficient (Wildman–Crippen LogP) is 4.33. The third-order valence-corrected chi connectivity index (χ3v) is 8.37. The molecule has 1 saturated carbocycles. The highest BCUT2D eigenvalue weighted by atomic mass is 35.5. The van der Waals surface area contributed by atoms with Crippen LogP contribution < -0.4 is 15.1 Å². The number of carbonyl (C=O) groups excluding carboxylic acids is 1. The molecule has 1 N–H and O–H groups in total. The summed E-state index contributed by atoms with van der Waals surface area (Å²) in [6.45, 7) is 4.10. The molecule has 1 saturated heterocycles. The number of amides is 1. The fourth-order valence-electron chi connectivity index (χ4n) is 6.56. The molecular formula is C26H28ClF3N6O. The Morgan fingerprint density at radius 1 is 1.19 bits per heavy atom. The Morgan fingerprint density at radius 3 is 2.68 bits per heavy atom. The number of piperidine rings is 1. The minimum atomic E-state index is -4.50. The van der Waals surface area contributed by atoms with E-state index < -0.39 is 18.5 Å². The molecular weight excluding hydrogens is 505 g/mol. The van der Waals surface area contributed by atoms with Crippen LogP contribution in [0.15, 0.2) is 18.5 Å². The summed E-state index contributed by atoms with van der Waals surface area (Å²) in [6, 6.07) is 1.90. The number of hydrogen-bond acceptors (Lipinski definition) is 6. The van der Waals surface area contributed by atoms with Crippen molar-refractivity contribution in [3.8, 4) is 0 Å². The van der Waals surface area contributed by atoms with Crippen molar-refractivity contribution in [1.29, 1.82) is 0 Å². The second-order valence-corrected chi connectivity index (χ2v) is 11.0. The minimum Gasteiger partial charge on any atom is -0.363 e. The van der Waals surface area contributed by atoms with E-state index in [1.807, 2.05) is 6.07 Å². The zero-order valence-corrected chi connectivity index (χ0v) is 21.2. The third-order valence-electron chi connectivity index (χ3n) is 8.17. The first-order valence-electron chi connectivity index (χ1n) is 12.7. The largest absolute Gasteiger partial charge is 0.397 e. The SMILES string of the molecule is C[C@@H]1Cc2ncnc(N3CC4CCC(C3)C4NC(=O)CC(F)(F)F)c2CN1c1cc(Cl)nc2c1C=CC2. The van der Waals surface area contributed by atoms with Crippen LogP contribution in [0.1, 0.15) is 48.7 Å². The van der Waals surface area contributed by atoms with Crippen molar-refractivity contribution in [2.75, 3.05) is 22.9 Å². The Kier molecular flexibility index (Phi) is 6.05. The number of nitrogens with one attached hydrogen (secondary N) is 1. The fourth-order valence-corrected chi connectivity index (χ4v) is 6.77. The smallest absolute Gasteiger partial charge is 0.363 e. The van der Waals surface area contributed by atoms with Crippen molar-refractivity contribution in [3.63, 3.8) is 0 Å². The lowest BCUT2D eigenvalue weighted by molar-refractivity contribution is -0.154. The van der Waals surface area contributed by atoms with Gasteiger partial charge in [0, 0.05) is 61.4 Å². The van der Waals surface area contributed by atoms with E-state index in [1.165, 1.54) is 0 Å². The molecule has 0 radical (unpaired) electrons. The molecule has 2 unspecified atom stereocenters. The Morgan fingerprint density at radius 2 is 1.95 bits per heavy atom. The van der Waals surface area contributed by atoms with E-state index >= 15 is 0 Å². The lowest BCUT2D eigenvalue weighted by Crippen LogP contribution is -2.53. The maximum Gasteiger partial charge on any atom is 0.397 e. The van der Waals surface area contributed by atoms with Crippen LogP contribution in [0.3, 0.4) is 0 Å². The second kappa shape index (κ2) is 9.15. The lowest BCUT2D eigenvalue weighted by atomic mass is 9.91. The summed E-state index contributed by atoms with van der Waals surface area (Å²) in [5, 5.41) is 3.16. The molecule has 2 bridgehead atoms. The summed E-state index contributed by atoms with van der Waals surface area (Å²) in [7, 11) is 0. The van der Waals surface area contributed by atoms with Gasteiger partial charge in [-0.3, -0.25) is 4.79 Å². The van der Waals surface area contributed by atoms with Crippen molar-refractivity contribution in [1.82, 2.24) is 20.3 Å². The summed E-state index contributed by atoms with van der Waals surface area (Å²) in [6.07, 6.45) is 3.17. The van der Waals surface area contributed by atoms with Crippen LogP contribution in [-0.2, 0) is 24.2 Å². The lowest BCUT2D eigenvalue weighted by Gasteiger charge is -2.42. The molecule has 0 aromatic carbocycles. The number of rotatable bonds is 4. The van der Waals surface area contributed by atoms with Crippen molar-refractivity contribution in [3.05, 3.63) is 46.1 Å². The number of fused-ring (bicyclic) bond motifs is 4. The highest BCUT2D eigenvalue weighted by molar-refractivity contribution is 6.29. The maximum atomic E-state index is 12.7. The van der Waals surface area contributed by atoms with Gasteiger partial charge >= 0.3 is 6.18 Å². The van der Waals surface area contributed by atoms with E-state index in [4.69, 9.17) is 11.6 Å². The van der Waals surface area contributed by atoms with Crippen LogP contribution >= 0.6 is 11.6 Å². The number of aromatic nitrogens is 3. The summed E-state index contributed by atoms with van der Waals surface area (Å²) in [4.78, 5) is 30.4. The van der Waals surface area contributed by atoms with Gasteiger partial charge in [0.25, 0.3) is 0 Å². The van der Waals surface area contributed by atoms with Crippen LogP contribution in [0.2, 0.25) is 5.15 Å². The van der Waals surface area contributed by atoms with Gasteiger partial charge in [-0.15, -0.1) is 0 Å². The first-order valence-corrected chi connectivity index (χ1v) is 13.1. The second-order valence-electron chi connectivity index (χ2n) is 10.6. The molecule has 2 aliphatic heterocycles. The van der Waals surface area contributed by atoms with Gasteiger partial charge in [0.15, 0.2) is 0 Å². The first kappa shape index (κ1) is 24.5. The maximum absolute atomic E-state index is 12.7. The van der Waals surface area contributed by atoms with Crippen LogP contribution in [0.25, 0.3) is 6.08 Å². The van der Waals surface area contributed by atoms with E-state index in [0.29, 0.717) is 24.8 Å². The molecule has 2 aromatic heterocycles. The number of carbonyl (C=O) groups is 1. The molecule has 1 amide bonds. The highest BCUT2D eigenvalue weighted by Crippen LogP contribution is 2.42. The number of anilines is 2. The van der Waals surface area contributed by atoms with E-state index in [1.54, 1.807) is 6.33 Å². The topological polar surface area (TPSA) is 74.2 Å². The molecule has 2 fully saturated rings. The van der Waals surface area contributed by atoms with E-state index in [2.05, 4.69) is 49.1 Å². The number of halogens is 4. The average Bonchev–Trinajstić information content (AvgIpc) is 3.36. The standard InChI is InChI=1S/C26H28ClF3N6O/c1-14-7-20-18(12-36(14)21-8-22(27)33-19-4-2-3-17(19)21)25(32-13-31-20)35-10-15-5-6-16(11-35)24(15)34-23(37)9-26(28,29)30/h2-3,8,13-16,24H,4-7,9-12H2,1H3,(H,34,37)/t14-,15?,16?,24?/m1/s1. The molecule has 4 aliphatic rings. The zero-order chi connectivity index (χ0) is 25.9. The third kappa shape index (κ3) is 4.64. The summed E-state index contributed by atoms with van der Waals surface area (Å²) < 4.78 is 38.1. The fraction of sp³-hybridized carbons (Fsp3) is 0.538. The van der Waals surface area contributed by atoms with E-state index in [-0.39, 0.29) is 23.9 Å². The Labute approximate surface area is 218 Å². The molecule has 2 aliphatic carbocycles. The zero-order valence-electron chi connectivity index (χ0n) is 20.4. The van der Waals surface area contributed by atoms with Crippen molar-refractivity contribution >= 4 is 35.1 Å². The van der Waals surface area contributed by atoms with Crippen molar-refractivity contribution in [2.24, 2.45) is 11.8 Å². The van der Waals surface area contributed by atoms with Crippen LogP contribution in [0, 0.1) is 11.8 Å². The number of hydrogen-bond donors (Lipinski definition) is 1. The van der Waals surface area contributed by atoms with Gasteiger partial charge in [0.2, 0.25) is 5.91 Å². The van der Waals surface area contributed by atoms with Gasteiger partial charge in [-0.25, -0.2) is 15.0 Å². The molecule has 3 atom stereocenters. The van der Waals surface area contributed by atoms with Crippen LogP contribution in [-0.4, -0.2) is 52.2 Å². The van der Waals surface area contributed by atoms with E-state index in [0.717, 1.165) is 59.7 Å².